The molecule has 1 atom stereocenters. The van der Waals surface area contributed by atoms with Gasteiger partial charge in [0.1, 0.15) is 17.2 Å². The van der Waals surface area contributed by atoms with Gasteiger partial charge in [-0.05, 0) is 78.7 Å². The molecule has 28 heavy (non-hydrogen) atoms. The molecule has 3 aromatic carbocycles. The summed E-state index contributed by atoms with van der Waals surface area (Å²) in [5, 5.41) is 12.0. The van der Waals surface area contributed by atoms with Crippen molar-refractivity contribution in [2.75, 3.05) is 19.1 Å². The Labute approximate surface area is 164 Å². The fourth-order valence-electron chi connectivity index (χ4n) is 4.71. The van der Waals surface area contributed by atoms with E-state index in [9.17, 15) is 5.11 Å². The van der Waals surface area contributed by atoms with Crippen molar-refractivity contribution >= 4 is 22.5 Å². The third-order valence-electron chi connectivity index (χ3n) is 6.38. The third-order valence-corrected chi connectivity index (χ3v) is 6.38. The molecule has 2 aliphatic rings. The van der Waals surface area contributed by atoms with E-state index in [1.54, 1.807) is 19.2 Å². The maximum atomic E-state index is 9.94. The number of benzene rings is 3. The first-order valence-corrected chi connectivity index (χ1v) is 9.44. The first-order valence-electron chi connectivity index (χ1n) is 9.44. The lowest BCUT2D eigenvalue weighted by Gasteiger charge is -2.46. The summed E-state index contributed by atoms with van der Waals surface area (Å²) in [6.07, 6.45) is 4.27. The molecule has 0 saturated carbocycles. The zero-order chi connectivity index (χ0) is 19.7. The summed E-state index contributed by atoms with van der Waals surface area (Å²) in [6, 6.07) is 15.7. The van der Waals surface area contributed by atoms with E-state index in [1.807, 2.05) is 24.3 Å². The highest BCUT2D eigenvalue weighted by Gasteiger charge is 2.57. The van der Waals surface area contributed by atoms with Crippen LogP contribution in [0.15, 0.2) is 54.6 Å². The van der Waals surface area contributed by atoms with E-state index in [0.29, 0.717) is 0 Å². The molecule has 1 N–H and O–H groups in total. The molecule has 4 heteroatoms. The van der Waals surface area contributed by atoms with Crippen LogP contribution in [-0.4, -0.2) is 25.0 Å². The van der Waals surface area contributed by atoms with E-state index in [4.69, 9.17) is 9.47 Å². The first kappa shape index (κ1) is 17.0. The molecule has 0 radical (unpaired) electrons. The average molecular weight is 373 g/mol. The summed E-state index contributed by atoms with van der Waals surface area (Å²) in [5.41, 5.74) is 2.39. The normalized spacial score (nSPS) is 21.5. The Morgan fingerprint density at radius 3 is 2.61 bits per heavy atom. The Kier molecular flexibility index (Phi) is 3.30. The molecule has 0 saturated heterocycles. The second-order valence-electron chi connectivity index (χ2n) is 8.08. The highest BCUT2D eigenvalue weighted by Crippen LogP contribution is 2.55. The molecule has 4 nitrogen and oxygen atoms in total. The van der Waals surface area contributed by atoms with E-state index in [2.05, 4.69) is 50.1 Å². The number of rotatable bonds is 1. The maximum absolute atomic E-state index is 9.94. The van der Waals surface area contributed by atoms with Crippen LogP contribution in [-0.2, 0) is 5.41 Å². The maximum Gasteiger partial charge on any atom is 0.211 e. The number of hydrogen-bond donors (Lipinski definition) is 1. The number of nitrogens with zero attached hydrogens (tertiary/aromatic N) is 1. The SMILES string of the molecule is COc1ccc2c(c1)C(C)(C)C1(C=Cc3c(ccc4ccc(O)cc34)O1)N2C. The zero-order valence-electron chi connectivity index (χ0n) is 16.5. The van der Waals surface area contributed by atoms with Gasteiger partial charge in [-0.3, -0.25) is 0 Å². The van der Waals surface area contributed by atoms with Gasteiger partial charge in [-0.25, -0.2) is 0 Å². The Bertz CT molecular complexity index is 1150. The lowest BCUT2D eigenvalue weighted by molar-refractivity contribution is 0.0583. The van der Waals surface area contributed by atoms with Gasteiger partial charge in [0.25, 0.3) is 0 Å². The minimum Gasteiger partial charge on any atom is -0.508 e. The molecule has 2 aliphatic heterocycles. The van der Waals surface area contributed by atoms with Gasteiger partial charge in [-0.1, -0.05) is 12.1 Å². The lowest BCUT2D eigenvalue weighted by Crippen LogP contribution is -2.58. The number of methoxy groups -OCH3 is 1. The minimum atomic E-state index is -0.640. The van der Waals surface area contributed by atoms with Crippen molar-refractivity contribution in [1.29, 1.82) is 0 Å². The highest BCUT2D eigenvalue weighted by molar-refractivity contribution is 5.95. The monoisotopic (exact) mass is 373 g/mol. The Hall–Kier alpha value is -3.14. The van der Waals surface area contributed by atoms with E-state index in [0.717, 1.165) is 33.5 Å². The summed E-state index contributed by atoms with van der Waals surface area (Å²) < 4.78 is 12.2. The summed E-state index contributed by atoms with van der Waals surface area (Å²) in [5.74, 6) is 1.92. The Morgan fingerprint density at radius 2 is 1.82 bits per heavy atom. The van der Waals surface area contributed by atoms with Crippen molar-refractivity contribution < 1.29 is 14.6 Å². The number of phenolic OH excluding ortho intramolecular Hbond substituents is 1. The number of likely N-dealkylation sites (N-methyl/N-ethyl adjacent to an activating group) is 1. The molecule has 0 amide bonds. The molecule has 0 aliphatic carbocycles. The molecule has 1 unspecified atom stereocenters. The van der Waals surface area contributed by atoms with Crippen LogP contribution in [0.4, 0.5) is 5.69 Å². The lowest BCUT2D eigenvalue weighted by atomic mass is 9.76. The second kappa shape index (κ2) is 5.44. The van der Waals surface area contributed by atoms with Crippen molar-refractivity contribution in [1.82, 2.24) is 0 Å². The van der Waals surface area contributed by atoms with Crippen molar-refractivity contribution in [3.63, 3.8) is 0 Å². The number of ether oxygens (including phenoxy) is 2. The number of fused-ring (bicyclic) bond motifs is 4. The van der Waals surface area contributed by atoms with Crippen LogP contribution < -0.4 is 14.4 Å². The van der Waals surface area contributed by atoms with Gasteiger partial charge >= 0.3 is 0 Å². The molecule has 0 aromatic heterocycles. The van der Waals surface area contributed by atoms with Gasteiger partial charge in [0.2, 0.25) is 5.72 Å². The van der Waals surface area contributed by atoms with Crippen LogP contribution in [0.1, 0.15) is 25.0 Å². The first-order chi connectivity index (χ1) is 13.4. The standard InChI is InChI=1S/C24H23NO3/c1-23(2)20-14-17(27-4)8-9-21(20)25(3)24(23)12-11-18-19-13-16(26)7-5-15(19)6-10-22(18)28-24/h5-14,26H,1-4H3. The van der Waals surface area contributed by atoms with Crippen molar-refractivity contribution in [3.05, 3.63) is 65.7 Å². The quantitative estimate of drug-likeness (QED) is 0.646. The van der Waals surface area contributed by atoms with Crippen molar-refractivity contribution in [2.45, 2.75) is 25.0 Å². The van der Waals surface area contributed by atoms with Crippen LogP contribution in [0.2, 0.25) is 0 Å². The van der Waals surface area contributed by atoms with Crippen LogP contribution in [0.3, 0.4) is 0 Å². The van der Waals surface area contributed by atoms with Gasteiger partial charge in [-0.2, -0.15) is 0 Å². The van der Waals surface area contributed by atoms with Crippen molar-refractivity contribution in [3.8, 4) is 17.2 Å². The van der Waals surface area contributed by atoms with E-state index < -0.39 is 5.72 Å². The van der Waals surface area contributed by atoms with Crippen LogP contribution in [0, 0.1) is 0 Å². The van der Waals surface area contributed by atoms with Gasteiger partial charge in [0.05, 0.1) is 12.5 Å². The summed E-state index contributed by atoms with van der Waals surface area (Å²) >= 11 is 0. The van der Waals surface area contributed by atoms with Gasteiger partial charge in [-0.15, -0.1) is 0 Å². The van der Waals surface area contributed by atoms with Gasteiger partial charge < -0.3 is 19.5 Å². The molecular formula is C24H23NO3. The number of aromatic hydroxyl groups is 1. The molecule has 142 valence electrons. The highest BCUT2D eigenvalue weighted by atomic mass is 16.5. The molecule has 0 fully saturated rings. The molecule has 0 bridgehead atoms. The molecule has 1 spiro atoms. The molecule has 2 heterocycles. The Morgan fingerprint density at radius 1 is 1.04 bits per heavy atom. The van der Waals surface area contributed by atoms with Crippen LogP contribution in [0.5, 0.6) is 17.2 Å². The van der Waals surface area contributed by atoms with Crippen LogP contribution >= 0.6 is 0 Å². The number of anilines is 1. The third kappa shape index (κ3) is 2.00. The van der Waals surface area contributed by atoms with E-state index >= 15 is 0 Å². The van der Waals surface area contributed by atoms with Gasteiger partial charge in [0.15, 0.2) is 0 Å². The van der Waals surface area contributed by atoms with E-state index in [-0.39, 0.29) is 11.2 Å². The summed E-state index contributed by atoms with van der Waals surface area (Å²) in [4.78, 5) is 2.20. The van der Waals surface area contributed by atoms with Gasteiger partial charge in [0, 0.05) is 18.3 Å². The average Bonchev–Trinajstić information content (AvgIpc) is 2.86. The second-order valence-corrected chi connectivity index (χ2v) is 8.08. The fraction of sp³-hybridized carbons (Fsp3) is 0.250. The Balaban J connectivity index is 1.69. The fourth-order valence-corrected chi connectivity index (χ4v) is 4.71. The largest absolute Gasteiger partial charge is 0.508 e. The van der Waals surface area contributed by atoms with Crippen LogP contribution in [0.25, 0.3) is 16.8 Å². The molecular weight excluding hydrogens is 350 g/mol. The number of hydrogen-bond acceptors (Lipinski definition) is 4. The molecule has 5 rings (SSSR count). The minimum absolute atomic E-state index is 0.257. The predicted octanol–water partition coefficient (Wildman–Crippen LogP) is 5.08. The molecule has 3 aromatic rings. The zero-order valence-corrected chi connectivity index (χ0v) is 16.5. The summed E-state index contributed by atoms with van der Waals surface area (Å²) in [7, 11) is 3.76. The smallest absolute Gasteiger partial charge is 0.211 e. The van der Waals surface area contributed by atoms with E-state index in [1.165, 1.54) is 5.56 Å². The van der Waals surface area contributed by atoms with Crippen molar-refractivity contribution in [2.24, 2.45) is 0 Å². The number of phenols is 1. The topological polar surface area (TPSA) is 41.9 Å². The summed E-state index contributed by atoms with van der Waals surface area (Å²) in [6.45, 7) is 4.41. The predicted molar refractivity (Wildman–Crippen MR) is 112 cm³/mol.